The molecule has 3 atom stereocenters. The number of carbonyl (C=O) groups excluding carboxylic acids is 1. The van der Waals surface area contributed by atoms with Crippen molar-refractivity contribution in [1.82, 2.24) is 0 Å². The molecule has 1 aliphatic carbocycles. The van der Waals surface area contributed by atoms with E-state index in [0.717, 1.165) is 24.5 Å². The Labute approximate surface area is 62.8 Å². The molecule has 0 spiro atoms. The third-order valence-corrected chi connectivity index (χ3v) is 2.54. The molecule has 0 heterocycles. The van der Waals surface area contributed by atoms with E-state index in [1.165, 1.54) is 12.8 Å². The number of rotatable bonds is 4. The molecule has 0 amide bonds. The van der Waals surface area contributed by atoms with Gasteiger partial charge >= 0.3 is 0 Å². The summed E-state index contributed by atoms with van der Waals surface area (Å²) in [4.78, 5) is 10.3. The summed E-state index contributed by atoms with van der Waals surface area (Å²) in [6.45, 7) is 4.46. The maximum atomic E-state index is 10.3. The zero-order valence-electron chi connectivity index (χ0n) is 6.84. The molecule has 0 aromatic carbocycles. The summed E-state index contributed by atoms with van der Waals surface area (Å²) in [5.41, 5.74) is 0. The van der Waals surface area contributed by atoms with Gasteiger partial charge in [0.25, 0.3) is 0 Å². The lowest BCUT2D eigenvalue weighted by atomic mass is 9.99. The van der Waals surface area contributed by atoms with E-state index in [1.54, 1.807) is 0 Å². The first-order valence-electron chi connectivity index (χ1n) is 4.24. The van der Waals surface area contributed by atoms with Crippen LogP contribution in [0, 0.1) is 17.8 Å². The van der Waals surface area contributed by atoms with Crippen LogP contribution >= 0.6 is 0 Å². The van der Waals surface area contributed by atoms with Crippen molar-refractivity contribution in [3.05, 3.63) is 0 Å². The molecule has 0 radical (unpaired) electrons. The molecule has 10 heavy (non-hydrogen) atoms. The molecule has 1 fully saturated rings. The van der Waals surface area contributed by atoms with Crippen molar-refractivity contribution in [3.8, 4) is 0 Å². The number of hydrogen-bond acceptors (Lipinski definition) is 1. The van der Waals surface area contributed by atoms with Gasteiger partial charge in [-0.2, -0.15) is 0 Å². The van der Waals surface area contributed by atoms with E-state index in [0.29, 0.717) is 5.92 Å². The van der Waals surface area contributed by atoms with E-state index in [1.807, 2.05) is 0 Å². The number of aldehydes is 1. The van der Waals surface area contributed by atoms with Crippen molar-refractivity contribution < 1.29 is 4.79 Å². The minimum Gasteiger partial charge on any atom is -0.303 e. The molecule has 58 valence electrons. The van der Waals surface area contributed by atoms with Gasteiger partial charge in [-0.3, -0.25) is 0 Å². The smallest absolute Gasteiger partial charge is 0.123 e. The average molecular weight is 140 g/mol. The van der Waals surface area contributed by atoms with Gasteiger partial charge < -0.3 is 4.79 Å². The SMILES string of the molecule is CCCC(C)C1CC1C=O. The molecule has 3 unspecified atom stereocenters. The first-order chi connectivity index (χ1) is 4.79. The fraction of sp³-hybridized carbons (Fsp3) is 0.889. The second-order valence-corrected chi connectivity index (χ2v) is 3.47. The van der Waals surface area contributed by atoms with E-state index >= 15 is 0 Å². The molecule has 0 N–H and O–H groups in total. The molecule has 1 nitrogen and oxygen atoms in total. The Hall–Kier alpha value is -0.330. The minimum atomic E-state index is 0.418. The summed E-state index contributed by atoms with van der Waals surface area (Å²) in [6, 6.07) is 0. The van der Waals surface area contributed by atoms with Crippen LogP contribution in [0.1, 0.15) is 33.1 Å². The summed E-state index contributed by atoms with van der Waals surface area (Å²) >= 11 is 0. The van der Waals surface area contributed by atoms with Crippen LogP contribution < -0.4 is 0 Å². The maximum absolute atomic E-state index is 10.3. The Morgan fingerprint density at radius 2 is 2.40 bits per heavy atom. The third kappa shape index (κ3) is 1.59. The second kappa shape index (κ2) is 3.18. The van der Waals surface area contributed by atoms with E-state index in [-0.39, 0.29) is 0 Å². The monoisotopic (exact) mass is 140 g/mol. The quantitative estimate of drug-likeness (QED) is 0.547. The van der Waals surface area contributed by atoms with Gasteiger partial charge in [0.1, 0.15) is 6.29 Å². The predicted molar refractivity (Wildman–Crippen MR) is 41.7 cm³/mol. The van der Waals surface area contributed by atoms with Crippen LogP contribution in [0.5, 0.6) is 0 Å². The highest BCUT2D eigenvalue weighted by Gasteiger charge is 2.39. The number of hydrogen-bond donors (Lipinski definition) is 0. The molecule has 1 rings (SSSR count). The van der Waals surface area contributed by atoms with E-state index in [4.69, 9.17) is 0 Å². The van der Waals surface area contributed by atoms with Crippen molar-refractivity contribution in [1.29, 1.82) is 0 Å². The predicted octanol–water partition coefficient (Wildman–Crippen LogP) is 2.26. The topological polar surface area (TPSA) is 17.1 Å². The van der Waals surface area contributed by atoms with Gasteiger partial charge in [-0.15, -0.1) is 0 Å². The highest BCUT2D eigenvalue weighted by atomic mass is 16.1. The summed E-state index contributed by atoms with van der Waals surface area (Å²) < 4.78 is 0. The standard InChI is InChI=1S/C9H16O/c1-3-4-7(2)9-5-8(9)6-10/h6-9H,3-5H2,1-2H3. The molecule has 1 heteroatoms. The molecular formula is C9H16O. The van der Waals surface area contributed by atoms with Crippen molar-refractivity contribution in [2.45, 2.75) is 33.1 Å². The van der Waals surface area contributed by atoms with E-state index < -0.39 is 0 Å². The second-order valence-electron chi connectivity index (χ2n) is 3.47. The van der Waals surface area contributed by atoms with Crippen molar-refractivity contribution in [2.24, 2.45) is 17.8 Å². The average Bonchev–Trinajstić information content (AvgIpc) is 2.66. The molecular weight excluding hydrogens is 124 g/mol. The fourth-order valence-corrected chi connectivity index (χ4v) is 1.72. The van der Waals surface area contributed by atoms with Crippen LogP contribution in [0.15, 0.2) is 0 Å². The summed E-state index contributed by atoms with van der Waals surface area (Å²) in [5, 5.41) is 0. The van der Waals surface area contributed by atoms with Gasteiger partial charge in [0.05, 0.1) is 0 Å². The van der Waals surface area contributed by atoms with E-state index in [2.05, 4.69) is 13.8 Å². The number of carbonyl (C=O) groups is 1. The lowest BCUT2D eigenvalue weighted by Crippen LogP contribution is -1.98. The van der Waals surface area contributed by atoms with Crippen LogP contribution in [-0.2, 0) is 4.79 Å². The van der Waals surface area contributed by atoms with Gasteiger partial charge in [0.2, 0.25) is 0 Å². The maximum Gasteiger partial charge on any atom is 0.123 e. The first kappa shape index (κ1) is 7.77. The van der Waals surface area contributed by atoms with Crippen molar-refractivity contribution in [2.75, 3.05) is 0 Å². The fourth-order valence-electron chi connectivity index (χ4n) is 1.72. The van der Waals surface area contributed by atoms with Gasteiger partial charge in [0, 0.05) is 5.92 Å². The largest absolute Gasteiger partial charge is 0.303 e. The van der Waals surface area contributed by atoms with Gasteiger partial charge in [0.15, 0.2) is 0 Å². The van der Waals surface area contributed by atoms with Gasteiger partial charge in [-0.1, -0.05) is 26.7 Å². The van der Waals surface area contributed by atoms with Crippen LogP contribution in [0.4, 0.5) is 0 Å². The molecule has 1 saturated carbocycles. The van der Waals surface area contributed by atoms with Crippen LogP contribution in [-0.4, -0.2) is 6.29 Å². The summed E-state index contributed by atoms with van der Waals surface area (Å²) in [5.74, 6) is 1.93. The molecule has 0 saturated heterocycles. The van der Waals surface area contributed by atoms with E-state index in [9.17, 15) is 4.79 Å². The Morgan fingerprint density at radius 1 is 1.70 bits per heavy atom. The van der Waals surface area contributed by atoms with Crippen LogP contribution in [0.25, 0.3) is 0 Å². The Bertz CT molecular complexity index is 120. The Kier molecular flexibility index (Phi) is 2.47. The van der Waals surface area contributed by atoms with Crippen molar-refractivity contribution >= 4 is 6.29 Å². The molecule has 0 aromatic rings. The minimum absolute atomic E-state index is 0.418. The molecule has 1 aliphatic rings. The van der Waals surface area contributed by atoms with Crippen molar-refractivity contribution in [3.63, 3.8) is 0 Å². The summed E-state index contributed by atoms with van der Waals surface area (Å²) in [7, 11) is 0. The van der Waals surface area contributed by atoms with Gasteiger partial charge in [-0.05, 0) is 18.3 Å². The van der Waals surface area contributed by atoms with Crippen LogP contribution in [0.3, 0.4) is 0 Å². The van der Waals surface area contributed by atoms with Gasteiger partial charge in [-0.25, -0.2) is 0 Å². The summed E-state index contributed by atoms with van der Waals surface area (Å²) in [6.07, 6.45) is 4.82. The molecule has 0 bridgehead atoms. The zero-order chi connectivity index (χ0) is 7.56. The first-order valence-corrected chi connectivity index (χ1v) is 4.24. The Balaban J connectivity index is 2.18. The molecule has 0 aromatic heterocycles. The molecule has 0 aliphatic heterocycles. The zero-order valence-corrected chi connectivity index (χ0v) is 6.84. The lowest BCUT2D eigenvalue weighted by Gasteiger charge is -2.06. The lowest BCUT2D eigenvalue weighted by molar-refractivity contribution is -0.109. The highest BCUT2D eigenvalue weighted by molar-refractivity contribution is 5.58. The third-order valence-electron chi connectivity index (χ3n) is 2.54. The highest BCUT2D eigenvalue weighted by Crippen LogP contribution is 2.44. The van der Waals surface area contributed by atoms with Crippen LogP contribution in [0.2, 0.25) is 0 Å². The normalized spacial score (nSPS) is 33.4. The Morgan fingerprint density at radius 3 is 2.80 bits per heavy atom.